The largest absolute Gasteiger partial charge is 0.350 e. The average molecular weight is 312 g/mol. The minimum atomic E-state index is 0.109. The molecule has 0 bridgehead atoms. The molecule has 0 radical (unpaired) electrons. The van der Waals surface area contributed by atoms with Crippen LogP contribution in [0.1, 0.15) is 24.8 Å². The molecule has 0 unspecified atom stereocenters. The van der Waals surface area contributed by atoms with Gasteiger partial charge >= 0.3 is 0 Å². The minimum absolute atomic E-state index is 0.109. The van der Waals surface area contributed by atoms with Crippen molar-refractivity contribution < 1.29 is 9.59 Å². The van der Waals surface area contributed by atoms with Crippen molar-refractivity contribution in [1.82, 2.24) is 20.4 Å². The molecule has 1 saturated heterocycles. The molecule has 4 rings (SSSR count). The van der Waals surface area contributed by atoms with Gasteiger partial charge in [-0.3, -0.25) is 14.7 Å². The second-order valence-corrected chi connectivity index (χ2v) is 6.60. The van der Waals surface area contributed by atoms with Crippen LogP contribution in [-0.2, 0) is 16.0 Å². The van der Waals surface area contributed by atoms with Crippen molar-refractivity contribution in [3.8, 4) is 0 Å². The number of nitrogens with one attached hydrogen (secondary N) is 2. The van der Waals surface area contributed by atoms with E-state index in [4.69, 9.17) is 0 Å². The molecule has 2 N–H and O–H groups in total. The molecule has 120 valence electrons. The number of H-pyrrole nitrogens is 1. The predicted octanol–water partition coefficient (Wildman–Crippen LogP) is 1.23. The van der Waals surface area contributed by atoms with Gasteiger partial charge in [-0.25, -0.2) is 0 Å². The summed E-state index contributed by atoms with van der Waals surface area (Å²) in [6, 6.07) is 6.03. The third kappa shape index (κ3) is 2.81. The van der Waals surface area contributed by atoms with E-state index in [2.05, 4.69) is 15.5 Å². The SMILES string of the molecule is O=C(NC1CN(C(=O)Cc2ccc3cn[nH]c3c2)C1)C1CCC1. The highest BCUT2D eigenvalue weighted by molar-refractivity contribution is 5.84. The Morgan fingerprint density at radius 2 is 2.13 bits per heavy atom. The summed E-state index contributed by atoms with van der Waals surface area (Å²) in [5.41, 5.74) is 1.93. The van der Waals surface area contributed by atoms with Gasteiger partial charge < -0.3 is 10.2 Å². The standard InChI is InChI=1S/C17H20N4O2/c22-16(7-11-4-5-13-8-18-20-15(13)6-11)21-9-14(10-21)19-17(23)12-2-1-3-12/h4-6,8,12,14H,1-3,7,9-10H2,(H,18,20)(H,19,23). The Morgan fingerprint density at radius 1 is 1.30 bits per heavy atom. The molecule has 6 nitrogen and oxygen atoms in total. The number of nitrogens with zero attached hydrogens (tertiary/aromatic N) is 2. The topological polar surface area (TPSA) is 78.1 Å². The second-order valence-electron chi connectivity index (χ2n) is 6.60. The fourth-order valence-corrected chi connectivity index (χ4v) is 3.14. The molecule has 1 aromatic carbocycles. The summed E-state index contributed by atoms with van der Waals surface area (Å²) in [5.74, 6) is 0.483. The number of hydrogen-bond donors (Lipinski definition) is 2. The molecule has 2 aromatic rings. The van der Waals surface area contributed by atoms with E-state index in [9.17, 15) is 9.59 Å². The quantitative estimate of drug-likeness (QED) is 0.891. The van der Waals surface area contributed by atoms with Crippen LogP contribution in [0.3, 0.4) is 0 Å². The first kappa shape index (κ1) is 14.2. The van der Waals surface area contributed by atoms with Crippen LogP contribution in [0.5, 0.6) is 0 Å². The molecule has 2 amide bonds. The van der Waals surface area contributed by atoms with Gasteiger partial charge in [0.25, 0.3) is 0 Å². The third-order valence-corrected chi connectivity index (χ3v) is 4.92. The van der Waals surface area contributed by atoms with Gasteiger partial charge in [-0.05, 0) is 24.5 Å². The number of carbonyl (C=O) groups excluding carboxylic acids is 2. The smallest absolute Gasteiger partial charge is 0.227 e. The van der Waals surface area contributed by atoms with Gasteiger partial charge in [0.1, 0.15) is 0 Å². The fourth-order valence-electron chi connectivity index (χ4n) is 3.14. The Kier molecular flexibility index (Phi) is 3.52. The number of rotatable bonds is 4. The first-order valence-corrected chi connectivity index (χ1v) is 8.19. The van der Waals surface area contributed by atoms with Gasteiger partial charge in [0.2, 0.25) is 11.8 Å². The number of benzene rings is 1. The summed E-state index contributed by atoms with van der Waals surface area (Å²) in [7, 11) is 0. The van der Waals surface area contributed by atoms with E-state index in [0.29, 0.717) is 19.5 Å². The fraction of sp³-hybridized carbons (Fsp3) is 0.471. The van der Waals surface area contributed by atoms with Crippen LogP contribution in [0.4, 0.5) is 0 Å². The summed E-state index contributed by atoms with van der Waals surface area (Å²) in [5, 5.41) is 11.0. The molecule has 6 heteroatoms. The Labute approximate surface area is 134 Å². The number of aromatic amines is 1. The summed E-state index contributed by atoms with van der Waals surface area (Å²) in [6.45, 7) is 1.26. The molecule has 1 saturated carbocycles. The first-order valence-electron chi connectivity index (χ1n) is 8.19. The van der Waals surface area contributed by atoms with Crippen LogP contribution in [-0.4, -0.2) is 46.0 Å². The van der Waals surface area contributed by atoms with Gasteiger partial charge in [0.15, 0.2) is 0 Å². The molecule has 2 heterocycles. The van der Waals surface area contributed by atoms with E-state index in [1.54, 1.807) is 6.20 Å². The normalized spacial score (nSPS) is 18.5. The molecule has 1 aliphatic carbocycles. The summed E-state index contributed by atoms with van der Waals surface area (Å²) in [6.07, 6.45) is 5.34. The Morgan fingerprint density at radius 3 is 2.87 bits per heavy atom. The van der Waals surface area contributed by atoms with Gasteiger partial charge in [0.05, 0.1) is 24.2 Å². The number of likely N-dealkylation sites (tertiary alicyclic amines) is 1. The van der Waals surface area contributed by atoms with Gasteiger partial charge in [-0.2, -0.15) is 5.10 Å². The van der Waals surface area contributed by atoms with Gasteiger partial charge in [-0.1, -0.05) is 18.6 Å². The zero-order chi connectivity index (χ0) is 15.8. The van der Waals surface area contributed by atoms with E-state index < -0.39 is 0 Å². The minimum Gasteiger partial charge on any atom is -0.350 e. The van der Waals surface area contributed by atoms with E-state index in [-0.39, 0.29) is 23.8 Å². The van der Waals surface area contributed by atoms with Crippen molar-refractivity contribution in [1.29, 1.82) is 0 Å². The average Bonchev–Trinajstić information content (AvgIpc) is 2.87. The number of carbonyl (C=O) groups is 2. The van der Waals surface area contributed by atoms with Crippen LogP contribution in [0.2, 0.25) is 0 Å². The lowest BCUT2D eigenvalue weighted by molar-refractivity contribution is -0.138. The van der Waals surface area contributed by atoms with Crippen LogP contribution in [0, 0.1) is 5.92 Å². The van der Waals surface area contributed by atoms with E-state index >= 15 is 0 Å². The maximum absolute atomic E-state index is 12.3. The summed E-state index contributed by atoms with van der Waals surface area (Å²) >= 11 is 0. The molecule has 1 aromatic heterocycles. The lowest BCUT2D eigenvalue weighted by Crippen LogP contribution is -2.62. The van der Waals surface area contributed by atoms with Crippen LogP contribution in [0.25, 0.3) is 10.9 Å². The number of fused-ring (bicyclic) bond motifs is 1. The number of aromatic nitrogens is 2. The summed E-state index contributed by atoms with van der Waals surface area (Å²) < 4.78 is 0. The molecule has 2 fully saturated rings. The van der Waals surface area contributed by atoms with E-state index in [1.807, 2.05) is 23.1 Å². The summed E-state index contributed by atoms with van der Waals surface area (Å²) in [4.78, 5) is 26.0. The van der Waals surface area contributed by atoms with Gasteiger partial charge in [-0.15, -0.1) is 0 Å². The lowest BCUT2D eigenvalue weighted by atomic mass is 9.84. The number of hydrogen-bond acceptors (Lipinski definition) is 3. The van der Waals surface area contributed by atoms with E-state index in [0.717, 1.165) is 35.7 Å². The zero-order valence-electron chi connectivity index (χ0n) is 12.9. The maximum atomic E-state index is 12.3. The molecule has 1 aliphatic heterocycles. The number of amides is 2. The Bertz CT molecular complexity index is 744. The second kappa shape index (κ2) is 5.68. The van der Waals surface area contributed by atoms with Crippen LogP contribution < -0.4 is 5.32 Å². The van der Waals surface area contributed by atoms with Crippen molar-refractivity contribution >= 4 is 22.7 Å². The molecule has 0 atom stereocenters. The van der Waals surface area contributed by atoms with Crippen LogP contribution >= 0.6 is 0 Å². The highest BCUT2D eigenvalue weighted by Crippen LogP contribution is 2.26. The van der Waals surface area contributed by atoms with Crippen molar-refractivity contribution in [3.05, 3.63) is 30.0 Å². The monoisotopic (exact) mass is 312 g/mol. The molecule has 0 spiro atoms. The van der Waals surface area contributed by atoms with Gasteiger partial charge in [0, 0.05) is 24.4 Å². The highest BCUT2D eigenvalue weighted by atomic mass is 16.2. The van der Waals surface area contributed by atoms with Crippen molar-refractivity contribution in [2.75, 3.05) is 13.1 Å². The molecular weight excluding hydrogens is 292 g/mol. The maximum Gasteiger partial charge on any atom is 0.227 e. The van der Waals surface area contributed by atoms with Crippen molar-refractivity contribution in [2.24, 2.45) is 5.92 Å². The van der Waals surface area contributed by atoms with Crippen molar-refractivity contribution in [3.63, 3.8) is 0 Å². The highest BCUT2D eigenvalue weighted by Gasteiger charge is 2.34. The molecule has 23 heavy (non-hydrogen) atoms. The Balaban J connectivity index is 1.28. The van der Waals surface area contributed by atoms with Crippen LogP contribution in [0.15, 0.2) is 24.4 Å². The van der Waals surface area contributed by atoms with E-state index in [1.165, 1.54) is 0 Å². The zero-order valence-corrected chi connectivity index (χ0v) is 12.9. The lowest BCUT2D eigenvalue weighted by Gasteiger charge is -2.40. The first-order chi connectivity index (χ1) is 11.2. The van der Waals surface area contributed by atoms with Crippen molar-refractivity contribution in [2.45, 2.75) is 31.7 Å². The third-order valence-electron chi connectivity index (χ3n) is 4.92. The Hall–Kier alpha value is -2.37. The molecular formula is C17H20N4O2. The molecule has 2 aliphatic rings. The predicted molar refractivity (Wildman–Crippen MR) is 85.6 cm³/mol.